The zero-order valence-corrected chi connectivity index (χ0v) is 8.40. The fourth-order valence-corrected chi connectivity index (χ4v) is 1.15. The second-order valence-corrected chi connectivity index (χ2v) is 2.86. The third kappa shape index (κ3) is 2.26. The van der Waals surface area contributed by atoms with Crippen molar-refractivity contribution in [2.24, 2.45) is 4.99 Å². The van der Waals surface area contributed by atoms with Crippen molar-refractivity contribution in [1.29, 1.82) is 0 Å². The monoisotopic (exact) mass is 196 g/mol. The van der Waals surface area contributed by atoms with E-state index in [0.29, 0.717) is 11.3 Å². The molecule has 0 bridgehead atoms. The molecular weight excluding hydrogens is 187 g/mol. The van der Waals surface area contributed by atoms with E-state index in [4.69, 9.17) is 14.3 Å². The van der Waals surface area contributed by atoms with Gasteiger partial charge >= 0.3 is 0 Å². The van der Waals surface area contributed by atoms with E-state index in [2.05, 4.69) is 17.5 Å². The maximum Gasteiger partial charge on any atom is 0.170 e. The van der Waals surface area contributed by atoms with Gasteiger partial charge in [-0.15, -0.1) is 6.42 Å². The van der Waals surface area contributed by atoms with E-state index < -0.39 is 0 Å². The van der Waals surface area contributed by atoms with Gasteiger partial charge < -0.3 is 4.90 Å². The molecule has 2 radical (unpaired) electrons. The lowest BCUT2D eigenvalue weighted by Gasteiger charge is -2.21. The smallest absolute Gasteiger partial charge is 0.170 e. The van der Waals surface area contributed by atoms with Gasteiger partial charge in [0.15, 0.2) is 5.78 Å². The molecule has 0 saturated heterocycles. The molecule has 1 aliphatic rings. The van der Waals surface area contributed by atoms with Crippen LogP contribution in [0.25, 0.3) is 0 Å². The number of allylic oxidation sites excluding steroid dienone is 2. The molecule has 0 aromatic carbocycles. The number of nitrogens with zero attached hydrogens (tertiary/aromatic N) is 2. The van der Waals surface area contributed by atoms with Crippen molar-refractivity contribution < 1.29 is 4.79 Å². The van der Waals surface area contributed by atoms with Gasteiger partial charge in [-0.05, 0) is 6.92 Å². The molecule has 0 spiro atoms. The molecule has 3 nitrogen and oxygen atoms in total. The Morgan fingerprint density at radius 2 is 2.47 bits per heavy atom. The van der Waals surface area contributed by atoms with Gasteiger partial charge in [-0.25, -0.2) is 0 Å². The Bertz CT molecular complexity index is 438. The number of Topliss-reactive ketones (excluding diaryl/α,β-unsaturated/α-hetero) is 1. The van der Waals surface area contributed by atoms with Crippen LogP contribution in [0.15, 0.2) is 40.8 Å². The van der Waals surface area contributed by atoms with Crippen LogP contribution >= 0.6 is 0 Å². The van der Waals surface area contributed by atoms with Crippen molar-refractivity contribution in [1.82, 2.24) is 4.90 Å². The van der Waals surface area contributed by atoms with Gasteiger partial charge in [0.25, 0.3) is 0 Å². The van der Waals surface area contributed by atoms with Crippen molar-refractivity contribution in [2.45, 2.75) is 6.92 Å². The Balaban J connectivity index is 3.28. The first-order valence-corrected chi connectivity index (χ1v) is 4.24. The third-order valence-corrected chi connectivity index (χ3v) is 1.83. The predicted octanol–water partition coefficient (Wildman–Crippen LogP) is 0.960. The molecular formula is C11H9BN2O. The standard InChI is InChI=1S/C11H9BN2O/c1-4-9(8(3)15)10-6-13-11(12)7-14(10)5-2/h1,5-7H,2H2,3H3/b10-9+. The lowest BCUT2D eigenvalue weighted by molar-refractivity contribution is -0.113. The van der Waals surface area contributed by atoms with Gasteiger partial charge in [0.05, 0.1) is 17.5 Å². The van der Waals surface area contributed by atoms with Crippen molar-refractivity contribution in [3.63, 3.8) is 0 Å². The second kappa shape index (κ2) is 4.47. The highest BCUT2D eigenvalue weighted by Gasteiger charge is 2.14. The zero-order valence-electron chi connectivity index (χ0n) is 8.40. The molecule has 0 amide bonds. The molecule has 1 aliphatic heterocycles. The number of hydrogen-bond donors (Lipinski definition) is 0. The summed E-state index contributed by atoms with van der Waals surface area (Å²) in [5, 5.41) is 0. The molecule has 0 unspecified atom stereocenters. The molecule has 0 aromatic heterocycles. The van der Waals surface area contributed by atoms with Crippen LogP contribution in [-0.2, 0) is 4.79 Å². The summed E-state index contributed by atoms with van der Waals surface area (Å²) < 4.78 is 0. The Kier molecular flexibility index (Phi) is 3.30. The largest absolute Gasteiger partial charge is 0.321 e. The summed E-state index contributed by atoms with van der Waals surface area (Å²) >= 11 is 0. The van der Waals surface area contributed by atoms with Crippen LogP contribution in [0.1, 0.15) is 6.92 Å². The number of hydrogen-bond acceptors (Lipinski definition) is 3. The second-order valence-electron chi connectivity index (χ2n) is 2.86. The summed E-state index contributed by atoms with van der Waals surface area (Å²) in [6.07, 6.45) is 9.76. The summed E-state index contributed by atoms with van der Waals surface area (Å²) in [6, 6.07) is 0. The van der Waals surface area contributed by atoms with Crippen LogP contribution in [0.4, 0.5) is 0 Å². The maximum atomic E-state index is 11.2. The van der Waals surface area contributed by atoms with Crippen LogP contribution in [0.5, 0.6) is 0 Å². The molecule has 1 heterocycles. The summed E-state index contributed by atoms with van der Waals surface area (Å²) in [7, 11) is 5.50. The first-order chi connectivity index (χ1) is 7.10. The highest BCUT2D eigenvalue weighted by atomic mass is 16.1. The molecule has 1 rings (SSSR count). The van der Waals surface area contributed by atoms with E-state index in [1.807, 2.05) is 0 Å². The molecule has 0 saturated carbocycles. The van der Waals surface area contributed by atoms with Gasteiger partial charge in [0.2, 0.25) is 0 Å². The van der Waals surface area contributed by atoms with Crippen molar-refractivity contribution in [2.75, 3.05) is 0 Å². The minimum Gasteiger partial charge on any atom is -0.321 e. The SMILES string of the molecule is [B]C1=CN(C=C)/C(=C(\C#C)C(C)=O)C=N1. The molecule has 0 atom stereocenters. The lowest BCUT2D eigenvalue weighted by atomic mass is 10.0. The van der Waals surface area contributed by atoms with Crippen LogP contribution in [0.2, 0.25) is 0 Å². The normalized spacial score (nSPS) is 17.9. The van der Waals surface area contributed by atoms with Crippen LogP contribution in [-0.4, -0.2) is 24.7 Å². The summed E-state index contributed by atoms with van der Waals surface area (Å²) in [6.45, 7) is 5.00. The maximum absolute atomic E-state index is 11.2. The minimum absolute atomic E-state index is 0.195. The van der Waals surface area contributed by atoms with Crippen molar-refractivity contribution >= 4 is 19.8 Å². The fourth-order valence-electron chi connectivity index (χ4n) is 1.15. The molecule has 4 heteroatoms. The van der Waals surface area contributed by atoms with Gasteiger partial charge in [-0.2, -0.15) is 0 Å². The topological polar surface area (TPSA) is 32.7 Å². The number of rotatable bonds is 2. The van der Waals surface area contributed by atoms with E-state index in [0.717, 1.165) is 0 Å². The Morgan fingerprint density at radius 3 is 2.93 bits per heavy atom. The number of carbonyl (C=O) groups excluding carboxylic acids is 1. The highest BCUT2D eigenvalue weighted by Crippen LogP contribution is 2.16. The Hall–Kier alpha value is -2.02. The van der Waals surface area contributed by atoms with Gasteiger partial charge in [0.1, 0.15) is 7.85 Å². The molecule has 0 fully saturated rings. The number of carbonyl (C=O) groups is 1. The van der Waals surface area contributed by atoms with Crippen LogP contribution < -0.4 is 0 Å². The zero-order chi connectivity index (χ0) is 11.4. The molecule has 15 heavy (non-hydrogen) atoms. The summed E-state index contributed by atoms with van der Waals surface area (Å²) in [4.78, 5) is 16.7. The van der Waals surface area contributed by atoms with Gasteiger partial charge in [-0.1, -0.05) is 12.5 Å². The van der Waals surface area contributed by atoms with Gasteiger partial charge in [-0.3, -0.25) is 9.79 Å². The van der Waals surface area contributed by atoms with Crippen molar-refractivity contribution in [3.8, 4) is 12.3 Å². The van der Waals surface area contributed by atoms with E-state index >= 15 is 0 Å². The molecule has 72 valence electrons. The van der Waals surface area contributed by atoms with E-state index in [-0.39, 0.29) is 11.4 Å². The number of ketones is 1. The average Bonchev–Trinajstić information content (AvgIpc) is 2.20. The third-order valence-electron chi connectivity index (χ3n) is 1.83. The minimum atomic E-state index is -0.195. The van der Waals surface area contributed by atoms with Gasteiger partial charge in [0, 0.05) is 18.0 Å². The predicted molar refractivity (Wildman–Crippen MR) is 60.9 cm³/mol. The first kappa shape index (κ1) is 11.1. The average molecular weight is 196 g/mol. The quantitative estimate of drug-likeness (QED) is 0.374. The summed E-state index contributed by atoms with van der Waals surface area (Å²) in [5.74, 6) is 2.13. The van der Waals surface area contributed by atoms with E-state index in [1.165, 1.54) is 19.3 Å². The van der Waals surface area contributed by atoms with E-state index in [1.54, 1.807) is 11.1 Å². The molecule has 0 aliphatic carbocycles. The van der Waals surface area contributed by atoms with E-state index in [9.17, 15) is 4.79 Å². The van der Waals surface area contributed by atoms with Crippen LogP contribution in [0.3, 0.4) is 0 Å². The highest BCUT2D eigenvalue weighted by molar-refractivity contribution is 6.22. The summed E-state index contributed by atoms with van der Waals surface area (Å²) in [5.41, 5.74) is 1.09. The number of aliphatic imine (C=N–C) groups is 1. The Morgan fingerprint density at radius 1 is 1.80 bits per heavy atom. The lowest BCUT2D eigenvalue weighted by Crippen LogP contribution is -2.18. The first-order valence-electron chi connectivity index (χ1n) is 4.24. The molecule has 0 N–H and O–H groups in total. The number of terminal acetylenes is 1. The van der Waals surface area contributed by atoms with Crippen LogP contribution in [0, 0.1) is 12.3 Å². The fraction of sp³-hybridized carbons (Fsp3) is 0.0909. The molecule has 0 aromatic rings. The van der Waals surface area contributed by atoms with Crippen molar-refractivity contribution in [3.05, 3.63) is 35.8 Å². The Labute approximate surface area is 90.3 Å².